The van der Waals surface area contributed by atoms with Gasteiger partial charge in [-0.15, -0.1) is 12.4 Å². The van der Waals surface area contributed by atoms with Crippen molar-refractivity contribution in [2.24, 2.45) is 5.73 Å². The van der Waals surface area contributed by atoms with Crippen molar-refractivity contribution in [3.05, 3.63) is 23.8 Å². The van der Waals surface area contributed by atoms with Crippen molar-refractivity contribution in [2.75, 3.05) is 20.8 Å². The minimum Gasteiger partial charge on any atom is -0.493 e. The van der Waals surface area contributed by atoms with Crippen LogP contribution >= 0.6 is 12.4 Å². The number of carbonyl (C=O) groups is 1. The lowest BCUT2D eigenvalue weighted by molar-refractivity contribution is 0.0580. The van der Waals surface area contributed by atoms with Crippen LogP contribution in [0.4, 0.5) is 0 Å². The summed E-state index contributed by atoms with van der Waals surface area (Å²) in [4.78, 5) is 14.8. The number of para-hydroxylation sites is 1. The van der Waals surface area contributed by atoms with Crippen LogP contribution in [-0.4, -0.2) is 43.7 Å². The quantitative estimate of drug-likeness (QED) is 0.922. The predicted molar refractivity (Wildman–Crippen MR) is 89.1 cm³/mol. The molecule has 1 amide bonds. The third kappa shape index (κ3) is 3.65. The average molecular weight is 329 g/mol. The zero-order chi connectivity index (χ0) is 15.4. The van der Waals surface area contributed by atoms with Crippen LogP contribution < -0.4 is 15.2 Å². The molecule has 1 fully saturated rings. The Morgan fingerprint density at radius 2 is 2.05 bits per heavy atom. The Bertz CT molecular complexity index is 508. The van der Waals surface area contributed by atoms with Crippen molar-refractivity contribution in [3.63, 3.8) is 0 Å². The van der Waals surface area contributed by atoms with Gasteiger partial charge in [0.2, 0.25) is 0 Å². The van der Waals surface area contributed by atoms with Gasteiger partial charge in [0, 0.05) is 18.6 Å². The summed E-state index contributed by atoms with van der Waals surface area (Å²) in [5.74, 6) is 1.02. The molecular weight excluding hydrogens is 304 g/mol. The number of likely N-dealkylation sites (tertiary alicyclic amines) is 1. The first kappa shape index (κ1) is 18.6. The van der Waals surface area contributed by atoms with E-state index in [-0.39, 0.29) is 30.4 Å². The first-order valence-corrected chi connectivity index (χ1v) is 7.37. The number of rotatable bonds is 4. The molecule has 0 bridgehead atoms. The fourth-order valence-electron chi connectivity index (χ4n) is 2.97. The second-order valence-corrected chi connectivity index (χ2v) is 5.46. The number of hydrogen-bond donors (Lipinski definition) is 1. The van der Waals surface area contributed by atoms with E-state index in [1.54, 1.807) is 32.4 Å². The van der Waals surface area contributed by atoms with Gasteiger partial charge in [0.25, 0.3) is 5.91 Å². The molecule has 1 aliphatic heterocycles. The van der Waals surface area contributed by atoms with Gasteiger partial charge in [-0.05, 0) is 38.3 Å². The van der Waals surface area contributed by atoms with E-state index in [1.165, 1.54) is 0 Å². The van der Waals surface area contributed by atoms with Gasteiger partial charge in [-0.25, -0.2) is 0 Å². The highest BCUT2D eigenvalue weighted by Crippen LogP contribution is 2.33. The second kappa shape index (κ2) is 8.25. The molecule has 1 aromatic carbocycles. The van der Waals surface area contributed by atoms with Crippen molar-refractivity contribution in [1.82, 2.24) is 4.90 Å². The van der Waals surface area contributed by atoms with Gasteiger partial charge in [0.1, 0.15) is 0 Å². The molecule has 0 radical (unpaired) electrons. The van der Waals surface area contributed by atoms with Crippen LogP contribution in [0, 0.1) is 0 Å². The van der Waals surface area contributed by atoms with Crippen LogP contribution in [0.5, 0.6) is 11.5 Å². The summed E-state index contributed by atoms with van der Waals surface area (Å²) >= 11 is 0. The van der Waals surface area contributed by atoms with Crippen molar-refractivity contribution in [3.8, 4) is 11.5 Å². The molecule has 5 nitrogen and oxygen atoms in total. The van der Waals surface area contributed by atoms with Crippen LogP contribution in [0.25, 0.3) is 0 Å². The Kier molecular flexibility index (Phi) is 6.97. The van der Waals surface area contributed by atoms with E-state index < -0.39 is 0 Å². The summed E-state index contributed by atoms with van der Waals surface area (Å²) in [6.45, 7) is 2.70. The Morgan fingerprint density at radius 3 is 2.64 bits per heavy atom. The molecule has 0 spiro atoms. The largest absolute Gasteiger partial charge is 0.493 e. The molecule has 124 valence electrons. The van der Waals surface area contributed by atoms with Gasteiger partial charge in [0.05, 0.1) is 19.8 Å². The highest BCUT2D eigenvalue weighted by atomic mass is 35.5. The van der Waals surface area contributed by atoms with Crippen LogP contribution in [0.1, 0.15) is 36.5 Å². The highest BCUT2D eigenvalue weighted by molar-refractivity contribution is 5.98. The summed E-state index contributed by atoms with van der Waals surface area (Å²) in [5.41, 5.74) is 6.58. The van der Waals surface area contributed by atoms with Crippen molar-refractivity contribution in [2.45, 2.75) is 38.3 Å². The lowest BCUT2D eigenvalue weighted by Crippen LogP contribution is -2.51. The molecule has 2 unspecified atom stereocenters. The number of nitrogens with zero attached hydrogens (tertiary/aromatic N) is 1. The van der Waals surface area contributed by atoms with Gasteiger partial charge < -0.3 is 20.1 Å². The SMILES string of the molecule is COc1cccc(C(=O)N2CCCCC2C(C)N)c1OC.Cl. The first-order valence-electron chi connectivity index (χ1n) is 7.37. The van der Waals surface area contributed by atoms with E-state index in [0.29, 0.717) is 17.1 Å². The van der Waals surface area contributed by atoms with Crippen molar-refractivity contribution in [1.29, 1.82) is 0 Å². The molecule has 1 saturated heterocycles. The Balaban J connectivity index is 0.00000242. The van der Waals surface area contributed by atoms with E-state index in [1.807, 2.05) is 11.8 Å². The molecular formula is C16H25ClN2O3. The molecule has 0 saturated carbocycles. The molecule has 1 heterocycles. The van der Waals surface area contributed by atoms with Gasteiger partial charge in [0.15, 0.2) is 11.5 Å². The topological polar surface area (TPSA) is 64.8 Å². The lowest BCUT2D eigenvalue weighted by Gasteiger charge is -2.38. The fourth-order valence-corrected chi connectivity index (χ4v) is 2.97. The van der Waals surface area contributed by atoms with E-state index in [4.69, 9.17) is 15.2 Å². The molecule has 2 atom stereocenters. The van der Waals surface area contributed by atoms with Gasteiger partial charge >= 0.3 is 0 Å². The standard InChI is InChI=1S/C16H24N2O3.ClH/c1-11(17)13-8-4-5-10-18(13)16(19)12-7-6-9-14(20-2)15(12)21-3;/h6-7,9,11,13H,4-5,8,10,17H2,1-3H3;1H. The van der Waals surface area contributed by atoms with Crippen LogP contribution in [0.3, 0.4) is 0 Å². The third-order valence-electron chi connectivity index (χ3n) is 4.05. The predicted octanol–water partition coefficient (Wildman–Crippen LogP) is 2.47. The number of hydrogen-bond acceptors (Lipinski definition) is 4. The third-order valence-corrected chi connectivity index (χ3v) is 4.05. The summed E-state index contributed by atoms with van der Waals surface area (Å²) < 4.78 is 10.6. The van der Waals surface area contributed by atoms with Crippen LogP contribution in [0.2, 0.25) is 0 Å². The first-order chi connectivity index (χ1) is 10.1. The molecule has 22 heavy (non-hydrogen) atoms. The summed E-state index contributed by atoms with van der Waals surface area (Å²) in [5, 5.41) is 0. The summed E-state index contributed by atoms with van der Waals surface area (Å²) in [7, 11) is 3.12. The molecule has 0 aromatic heterocycles. The normalized spacial score (nSPS) is 19.1. The molecule has 2 rings (SSSR count). The minimum atomic E-state index is -0.0362. The Morgan fingerprint density at radius 1 is 1.32 bits per heavy atom. The molecule has 1 aliphatic rings. The minimum absolute atomic E-state index is 0. The number of carbonyl (C=O) groups excluding carboxylic acids is 1. The number of benzene rings is 1. The van der Waals surface area contributed by atoms with Crippen molar-refractivity contribution < 1.29 is 14.3 Å². The zero-order valence-electron chi connectivity index (χ0n) is 13.4. The maximum Gasteiger partial charge on any atom is 0.258 e. The molecule has 6 heteroatoms. The van der Waals surface area contributed by atoms with Crippen molar-refractivity contribution >= 4 is 18.3 Å². The molecule has 1 aromatic rings. The molecule has 0 aliphatic carbocycles. The number of halogens is 1. The number of piperidine rings is 1. The van der Waals surface area contributed by atoms with E-state index in [0.717, 1.165) is 25.8 Å². The average Bonchev–Trinajstić information content (AvgIpc) is 2.53. The Hall–Kier alpha value is -1.46. The van der Waals surface area contributed by atoms with Gasteiger partial charge in [-0.2, -0.15) is 0 Å². The number of nitrogens with two attached hydrogens (primary N) is 1. The second-order valence-electron chi connectivity index (χ2n) is 5.46. The van der Waals surface area contributed by atoms with Crippen LogP contribution in [0.15, 0.2) is 18.2 Å². The van der Waals surface area contributed by atoms with E-state index in [9.17, 15) is 4.79 Å². The number of amides is 1. The fraction of sp³-hybridized carbons (Fsp3) is 0.562. The summed E-state index contributed by atoms with van der Waals surface area (Å²) in [6, 6.07) is 5.41. The molecule has 2 N–H and O–H groups in total. The summed E-state index contributed by atoms with van der Waals surface area (Å²) in [6.07, 6.45) is 3.09. The van der Waals surface area contributed by atoms with E-state index >= 15 is 0 Å². The van der Waals surface area contributed by atoms with Gasteiger partial charge in [-0.3, -0.25) is 4.79 Å². The lowest BCUT2D eigenvalue weighted by atomic mass is 9.96. The maximum absolute atomic E-state index is 12.9. The maximum atomic E-state index is 12.9. The van der Waals surface area contributed by atoms with Crippen LogP contribution in [-0.2, 0) is 0 Å². The van der Waals surface area contributed by atoms with Gasteiger partial charge in [-0.1, -0.05) is 6.07 Å². The highest BCUT2D eigenvalue weighted by Gasteiger charge is 2.31. The van der Waals surface area contributed by atoms with E-state index in [2.05, 4.69) is 0 Å². The number of ether oxygens (including phenoxy) is 2. The smallest absolute Gasteiger partial charge is 0.258 e. The zero-order valence-corrected chi connectivity index (χ0v) is 14.2. The Labute approximate surface area is 138 Å². The monoisotopic (exact) mass is 328 g/mol. The number of methoxy groups -OCH3 is 2.